The third kappa shape index (κ3) is 2.90. The molecule has 0 aliphatic carbocycles. The van der Waals surface area contributed by atoms with Gasteiger partial charge in [-0.15, -0.1) is 0 Å². The second kappa shape index (κ2) is 5.52. The molecule has 1 saturated heterocycles. The summed E-state index contributed by atoms with van der Waals surface area (Å²) in [7, 11) is 0. The summed E-state index contributed by atoms with van der Waals surface area (Å²) in [5.41, 5.74) is 1.88. The number of carbonyl (C=O) groups is 2. The molecule has 1 atom stereocenters. The number of hydrogen-bond donors (Lipinski definition) is 2. The van der Waals surface area contributed by atoms with Crippen LogP contribution < -0.4 is 10.6 Å². The van der Waals surface area contributed by atoms with Gasteiger partial charge in [-0.3, -0.25) is 9.59 Å². The van der Waals surface area contributed by atoms with Crippen LogP contribution in [0.5, 0.6) is 0 Å². The summed E-state index contributed by atoms with van der Waals surface area (Å²) in [6, 6.07) is 5.36. The van der Waals surface area contributed by atoms with Crippen LogP contribution in [-0.2, 0) is 16.0 Å². The van der Waals surface area contributed by atoms with E-state index in [4.69, 9.17) is 0 Å². The molecule has 18 heavy (non-hydrogen) atoms. The van der Waals surface area contributed by atoms with Gasteiger partial charge in [0.15, 0.2) is 0 Å². The Bertz CT molecular complexity index is 488. The summed E-state index contributed by atoms with van der Waals surface area (Å²) in [5, 5.41) is 5.54. The van der Waals surface area contributed by atoms with Gasteiger partial charge in [0, 0.05) is 16.6 Å². The van der Waals surface area contributed by atoms with Gasteiger partial charge in [0.05, 0.1) is 0 Å². The smallest absolute Gasteiger partial charge is 0.246 e. The number of anilines is 1. The lowest BCUT2D eigenvalue weighted by atomic mass is 10.1. The average Bonchev–Trinajstić information content (AvgIpc) is 2.78. The van der Waals surface area contributed by atoms with E-state index in [1.165, 1.54) is 0 Å². The van der Waals surface area contributed by atoms with E-state index < -0.39 is 6.04 Å². The number of rotatable bonds is 3. The molecule has 4 nitrogen and oxygen atoms in total. The van der Waals surface area contributed by atoms with Crippen LogP contribution in [0, 0.1) is 0 Å². The molecule has 2 rings (SSSR count). The zero-order valence-corrected chi connectivity index (χ0v) is 11.7. The van der Waals surface area contributed by atoms with Crippen molar-refractivity contribution in [1.82, 2.24) is 5.32 Å². The number of amides is 2. The lowest BCUT2D eigenvalue weighted by Gasteiger charge is -2.14. The van der Waals surface area contributed by atoms with Crippen molar-refractivity contribution in [1.29, 1.82) is 0 Å². The van der Waals surface area contributed by atoms with Crippen LogP contribution in [0.1, 0.15) is 25.3 Å². The zero-order chi connectivity index (χ0) is 13.1. The normalized spacial score (nSPS) is 18.6. The molecule has 0 radical (unpaired) electrons. The Morgan fingerprint density at radius 2 is 2.33 bits per heavy atom. The second-order valence-electron chi connectivity index (χ2n) is 4.30. The van der Waals surface area contributed by atoms with Crippen LogP contribution in [0.25, 0.3) is 0 Å². The molecule has 0 saturated carbocycles. The van der Waals surface area contributed by atoms with Crippen molar-refractivity contribution in [2.45, 2.75) is 32.2 Å². The minimum atomic E-state index is -0.397. The van der Waals surface area contributed by atoms with Crippen LogP contribution in [-0.4, -0.2) is 17.9 Å². The van der Waals surface area contributed by atoms with Crippen LogP contribution in [0.15, 0.2) is 22.7 Å². The van der Waals surface area contributed by atoms with Gasteiger partial charge in [0.25, 0.3) is 0 Å². The van der Waals surface area contributed by atoms with E-state index in [0.717, 1.165) is 22.1 Å². The second-order valence-corrected chi connectivity index (χ2v) is 5.22. The number of carbonyl (C=O) groups excluding carboxylic acids is 2. The minimum Gasteiger partial charge on any atom is -0.344 e. The summed E-state index contributed by atoms with van der Waals surface area (Å²) >= 11 is 3.41. The Morgan fingerprint density at radius 3 is 2.94 bits per heavy atom. The highest BCUT2D eigenvalue weighted by atomic mass is 79.9. The van der Waals surface area contributed by atoms with E-state index >= 15 is 0 Å². The maximum absolute atomic E-state index is 12.0. The van der Waals surface area contributed by atoms with Gasteiger partial charge in [-0.2, -0.15) is 0 Å². The molecule has 0 aromatic heterocycles. The lowest BCUT2D eigenvalue weighted by Crippen LogP contribution is -2.37. The molecule has 1 aromatic rings. The maximum Gasteiger partial charge on any atom is 0.246 e. The predicted octanol–water partition coefficient (Wildman–Crippen LogP) is 2.23. The largest absolute Gasteiger partial charge is 0.344 e. The Balaban J connectivity index is 2.09. The zero-order valence-electron chi connectivity index (χ0n) is 10.1. The van der Waals surface area contributed by atoms with Crippen molar-refractivity contribution < 1.29 is 9.59 Å². The number of nitrogens with one attached hydrogen (secondary N) is 2. The number of aryl methyl sites for hydroxylation is 1. The Morgan fingerprint density at radius 1 is 1.56 bits per heavy atom. The Hall–Kier alpha value is -1.36. The van der Waals surface area contributed by atoms with Gasteiger partial charge in [-0.1, -0.05) is 22.9 Å². The summed E-state index contributed by atoms with van der Waals surface area (Å²) < 4.78 is 0.992. The number of benzene rings is 1. The standard InChI is InChI=1S/C13H15BrN2O2/c1-2-8-7-9(14)3-4-10(8)16-13(18)11-5-6-12(17)15-11/h3-4,7,11H,2,5-6H2,1H3,(H,15,17)(H,16,18). The molecule has 1 aliphatic heterocycles. The Labute approximate surface area is 114 Å². The van der Waals surface area contributed by atoms with E-state index in [-0.39, 0.29) is 11.8 Å². The minimum absolute atomic E-state index is 0.0540. The molecule has 1 heterocycles. The highest BCUT2D eigenvalue weighted by Gasteiger charge is 2.27. The quantitative estimate of drug-likeness (QED) is 0.899. The highest BCUT2D eigenvalue weighted by Crippen LogP contribution is 2.22. The third-order valence-electron chi connectivity index (χ3n) is 3.02. The first kappa shape index (κ1) is 13.1. The first-order valence-electron chi connectivity index (χ1n) is 5.99. The molecular weight excluding hydrogens is 296 g/mol. The molecule has 1 aromatic carbocycles. The fourth-order valence-electron chi connectivity index (χ4n) is 2.01. The molecule has 2 N–H and O–H groups in total. The third-order valence-corrected chi connectivity index (χ3v) is 3.51. The average molecular weight is 311 g/mol. The van der Waals surface area contributed by atoms with Gasteiger partial charge >= 0.3 is 0 Å². The summed E-state index contributed by atoms with van der Waals surface area (Å²) in [6.45, 7) is 2.04. The summed E-state index contributed by atoms with van der Waals surface area (Å²) in [4.78, 5) is 23.1. The van der Waals surface area contributed by atoms with E-state index in [1.54, 1.807) is 0 Å². The Kier molecular flexibility index (Phi) is 4.01. The van der Waals surface area contributed by atoms with Gasteiger partial charge in [-0.25, -0.2) is 0 Å². The maximum atomic E-state index is 12.0. The molecule has 0 bridgehead atoms. The van der Waals surface area contributed by atoms with Crippen molar-refractivity contribution in [3.63, 3.8) is 0 Å². The lowest BCUT2D eigenvalue weighted by molar-refractivity contribution is -0.122. The fourth-order valence-corrected chi connectivity index (χ4v) is 2.42. The van der Waals surface area contributed by atoms with E-state index in [1.807, 2.05) is 25.1 Å². The SMILES string of the molecule is CCc1cc(Br)ccc1NC(=O)C1CCC(=O)N1. The summed E-state index contributed by atoms with van der Waals surface area (Å²) in [5.74, 6) is -0.195. The predicted molar refractivity (Wildman–Crippen MR) is 73.3 cm³/mol. The van der Waals surface area contributed by atoms with Crippen LogP contribution in [0.4, 0.5) is 5.69 Å². The van der Waals surface area contributed by atoms with Crippen molar-refractivity contribution in [3.8, 4) is 0 Å². The van der Waals surface area contributed by atoms with Gasteiger partial charge in [0.2, 0.25) is 11.8 Å². The number of hydrogen-bond acceptors (Lipinski definition) is 2. The van der Waals surface area contributed by atoms with Crippen molar-refractivity contribution in [3.05, 3.63) is 28.2 Å². The molecule has 2 amide bonds. The molecular formula is C13H15BrN2O2. The van der Waals surface area contributed by atoms with Gasteiger partial charge in [-0.05, 0) is 36.6 Å². The molecule has 1 fully saturated rings. The molecule has 96 valence electrons. The van der Waals surface area contributed by atoms with Crippen LogP contribution >= 0.6 is 15.9 Å². The number of halogens is 1. The molecule has 5 heteroatoms. The van der Waals surface area contributed by atoms with Crippen molar-refractivity contribution in [2.75, 3.05) is 5.32 Å². The molecule has 0 spiro atoms. The van der Waals surface area contributed by atoms with E-state index in [9.17, 15) is 9.59 Å². The molecule has 1 unspecified atom stereocenters. The van der Waals surface area contributed by atoms with Crippen molar-refractivity contribution >= 4 is 33.4 Å². The monoisotopic (exact) mass is 310 g/mol. The first-order chi connectivity index (χ1) is 8.60. The summed E-state index contributed by atoms with van der Waals surface area (Å²) in [6.07, 6.45) is 1.84. The first-order valence-corrected chi connectivity index (χ1v) is 6.78. The molecule has 1 aliphatic rings. The van der Waals surface area contributed by atoms with Gasteiger partial charge in [0.1, 0.15) is 6.04 Å². The van der Waals surface area contributed by atoms with Crippen LogP contribution in [0.2, 0.25) is 0 Å². The van der Waals surface area contributed by atoms with Crippen molar-refractivity contribution in [2.24, 2.45) is 0 Å². The topological polar surface area (TPSA) is 58.2 Å². The van der Waals surface area contributed by atoms with E-state index in [0.29, 0.717) is 12.8 Å². The van der Waals surface area contributed by atoms with Gasteiger partial charge < -0.3 is 10.6 Å². The highest BCUT2D eigenvalue weighted by molar-refractivity contribution is 9.10. The van der Waals surface area contributed by atoms with E-state index in [2.05, 4.69) is 26.6 Å². The van der Waals surface area contributed by atoms with Crippen LogP contribution in [0.3, 0.4) is 0 Å². The fraction of sp³-hybridized carbons (Fsp3) is 0.385.